The molecule has 144 valence electrons. The molecule has 6 nitrogen and oxygen atoms in total. The lowest BCUT2D eigenvalue weighted by atomic mass is 10.2. The van der Waals surface area contributed by atoms with Crippen molar-refractivity contribution in [3.05, 3.63) is 71.9 Å². The van der Waals surface area contributed by atoms with Crippen LogP contribution in [0.4, 0.5) is 5.69 Å². The second kappa shape index (κ2) is 8.52. The number of nitrogens with zero attached hydrogens (tertiary/aromatic N) is 3. The number of likely N-dealkylation sites (N-methyl/N-ethyl adjacent to an activating group) is 1. The first kappa shape index (κ1) is 19.4. The van der Waals surface area contributed by atoms with Gasteiger partial charge in [-0.3, -0.25) is 4.79 Å². The highest BCUT2D eigenvalue weighted by molar-refractivity contribution is 5.92. The van der Waals surface area contributed by atoms with Gasteiger partial charge in [0.15, 0.2) is 6.61 Å². The first-order chi connectivity index (χ1) is 13.4. The van der Waals surface area contributed by atoms with Gasteiger partial charge in [0.1, 0.15) is 5.69 Å². The average Bonchev–Trinajstić information content (AvgIpc) is 2.71. The minimum absolute atomic E-state index is 0.188. The number of carbonyl (C=O) groups is 2. The molecule has 0 spiro atoms. The van der Waals surface area contributed by atoms with Gasteiger partial charge in [0.25, 0.3) is 5.91 Å². The number of fused-ring (bicyclic) bond motifs is 1. The van der Waals surface area contributed by atoms with E-state index in [2.05, 4.69) is 4.98 Å². The number of anilines is 1. The van der Waals surface area contributed by atoms with E-state index >= 15 is 0 Å². The largest absolute Gasteiger partial charge is 0.451 e. The van der Waals surface area contributed by atoms with Crippen molar-refractivity contribution >= 4 is 28.5 Å². The van der Waals surface area contributed by atoms with Gasteiger partial charge in [-0.05, 0) is 29.8 Å². The molecule has 0 N–H and O–H groups in total. The summed E-state index contributed by atoms with van der Waals surface area (Å²) in [5.41, 5.74) is 2.99. The molecule has 0 aliphatic heterocycles. The lowest BCUT2D eigenvalue weighted by Gasteiger charge is -2.18. The predicted molar refractivity (Wildman–Crippen MR) is 109 cm³/mol. The van der Waals surface area contributed by atoms with Crippen LogP contribution >= 0.6 is 0 Å². The number of aromatic nitrogens is 1. The first-order valence-electron chi connectivity index (χ1n) is 8.97. The summed E-state index contributed by atoms with van der Waals surface area (Å²) >= 11 is 0. The lowest BCUT2D eigenvalue weighted by molar-refractivity contribution is -0.133. The fourth-order valence-electron chi connectivity index (χ4n) is 2.75. The topological polar surface area (TPSA) is 62.7 Å². The molecule has 0 aliphatic rings. The van der Waals surface area contributed by atoms with Crippen LogP contribution in [0.5, 0.6) is 0 Å². The Balaban J connectivity index is 1.55. The third-order valence-electron chi connectivity index (χ3n) is 4.43. The molecular formula is C22H23N3O3. The van der Waals surface area contributed by atoms with Crippen LogP contribution in [0, 0.1) is 0 Å². The molecule has 1 amide bonds. The fourth-order valence-corrected chi connectivity index (χ4v) is 2.75. The van der Waals surface area contributed by atoms with Crippen LogP contribution in [0.1, 0.15) is 16.1 Å². The van der Waals surface area contributed by atoms with E-state index in [-0.39, 0.29) is 18.2 Å². The second-order valence-corrected chi connectivity index (χ2v) is 6.78. The molecule has 0 unspecified atom stereocenters. The van der Waals surface area contributed by atoms with Gasteiger partial charge in [-0.25, -0.2) is 9.78 Å². The standard InChI is InChI=1S/C22H23N3O3/c1-24(2)18-11-8-16(9-12-18)14-25(3)21(26)15-28-22(27)20-13-10-17-6-4-5-7-19(17)23-20/h4-13H,14-15H2,1-3H3. The SMILES string of the molecule is CN(Cc1ccc(N(C)C)cc1)C(=O)COC(=O)c1ccc2ccccc2n1. The molecule has 28 heavy (non-hydrogen) atoms. The van der Waals surface area contributed by atoms with Crippen LogP contribution in [-0.2, 0) is 16.1 Å². The van der Waals surface area contributed by atoms with E-state index in [1.807, 2.05) is 73.6 Å². The summed E-state index contributed by atoms with van der Waals surface area (Å²) in [7, 11) is 5.64. The molecule has 3 rings (SSSR count). The Labute approximate surface area is 164 Å². The van der Waals surface area contributed by atoms with Crippen LogP contribution in [0.25, 0.3) is 10.9 Å². The van der Waals surface area contributed by atoms with Crippen molar-refractivity contribution in [3.63, 3.8) is 0 Å². The number of amides is 1. The van der Waals surface area contributed by atoms with Crippen LogP contribution in [0.2, 0.25) is 0 Å². The van der Waals surface area contributed by atoms with Gasteiger partial charge in [-0.2, -0.15) is 0 Å². The Morgan fingerprint density at radius 2 is 1.64 bits per heavy atom. The van der Waals surface area contributed by atoms with Gasteiger partial charge >= 0.3 is 5.97 Å². The number of hydrogen-bond donors (Lipinski definition) is 0. The predicted octanol–water partition coefficient (Wildman–Crippen LogP) is 3.12. The van der Waals surface area contributed by atoms with E-state index in [0.717, 1.165) is 16.6 Å². The molecule has 0 aliphatic carbocycles. The minimum atomic E-state index is -0.608. The third-order valence-corrected chi connectivity index (χ3v) is 4.43. The van der Waals surface area contributed by atoms with Crippen molar-refractivity contribution in [1.82, 2.24) is 9.88 Å². The summed E-state index contributed by atoms with van der Waals surface area (Å²) in [6, 6.07) is 18.9. The molecule has 0 fully saturated rings. The summed E-state index contributed by atoms with van der Waals surface area (Å²) in [6.07, 6.45) is 0. The summed E-state index contributed by atoms with van der Waals surface area (Å²) in [5, 5.41) is 0.940. The maximum atomic E-state index is 12.3. The molecule has 0 radical (unpaired) electrons. The van der Waals surface area contributed by atoms with Gasteiger partial charge in [0.05, 0.1) is 5.52 Å². The number of para-hydroxylation sites is 1. The van der Waals surface area contributed by atoms with Crippen LogP contribution in [0.3, 0.4) is 0 Å². The molecule has 3 aromatic rings. The normalized spacial score (nSPS) is 10.5. The van der Waals surface area contributed by atoms with Gasteiger partial charge in [0.2, 0.25) is 0 Å². The number of pyridine rings is 1. The number of carbonyl (C=O) groups excluding carboxylic acids is 2. The zero-order chi connectivity index (χ0) is 20.1. The minimum Gasteiger partial charge on any atom is -0.451 e. The average molecular weight is 377 g/mol. The van der Waals surface area contributed by atoms with E-state index in [4.69, 9.17) is 4.74 Å². The Kier molecular flexibility index (Phi) is 5.89. The zero-order valence-electron chi connectivity index (χ0n) is 16.3. The number of rotatable bonds is 6. The molecule has 1 heterocycles. The van der Waals surface area contributed by atoms with Crippen LogP contribution in [-0.4, -0.2) is 49.5 Å². The highest BCUT2D eigenvalue weighted by atomic mass is 16.5. The fraction of sp³-hybridized carbons (Fsp3) is 0.227. The van der Waals surface area contributed by atoms with Crippen molar-refractivity contribution < 1.29 is 14.3 Å². The van der Waals surface area contributed by atoms with Crippen molar-refractivity contribution in [2.45, 2.75) is 6.54 Å². The number of ether oxygens (including phenoxy) is 1. The molecule has 6 heteroatoms. The van der Waals surface area contributed by atoms with Gasteiger partial charge in [-0.15, -0.1) is 0 Å². The second-order valence-electron chi connectivity index (χ2n) is 6.78. The Bertz CT molecular complexity index is 984. The maximum absolute atomic E-state index is 12.3. The molecule has 0 atom stereocenters. The van der Waals surface area contributed by atoms with Crippen molar-refractivity contribution in [3.8, 4) is 0 Å². The van der Waals surface area contributed by atoms with E-state index in [0.29, 0.717) is 12.1 Å². The number of benzene rings is 2. The Morgan fingerprint density at radius 1 is 0.929 bits per heavy atom. The van der Waals surface area contributed by atoms with E-state index in [1.165, 1.54) is 4.90 Å². The van der Waals surface area contributed by atoms with Gasteiger partial charge in [0, 0.05) is 38.8 Å². The molecule has 1 aromatic heterocycles. The van der Waals surface area contributed by atoms with Crippen LogP contribution < -0.4 is 4.90 Å². The quantitative estimate of drug-likeness (QED) is 0.618. The monoisotopic (exact) mass is 377 g/mol. The summed E-state index contributed by atoms with van der Waals surface area (Å²) < 4.78 is 5.15. The Hall–Kier alpha value is -3.41. The number of hydrogen-bond acceptors (Lipinski definition) is 5. The Morgan fingerprint density at radius 3 is 2.36 bits per heavy atom. The van der Waals surface area contributed by atoms with Crippen molar-refractivity contribution in [1.29, 1.82) is 0 Å². The molecule has 2 aromatic carbocycles. The van der Waals surface area contributed by atoms with E-state index in [1.54, 1.807) is 13.1 Å². The highest BCUT2D eigenvalue weighted by Crippen LogP contribution is 2.14. The maximum Gasteiger partial charge on any atom is 0.357 e. The summed E-state index contributed by atoms with van der Waals surface area (Å²) in [6.45, 7) is 0.123. The van der Waals surface area contributed by atoms with Crippen LogP contribution in [0.15, 0.2) is 60.7 Å². The van der Waals surface area contributed by atoms with Gasteiger partial charge < -0.3 is 14.5 Å². The van der Waals surface area contributed by atoms with Crippen molar-refractivity contribution in [2.75, 3.05) is 32.6 Å². The molecule has 0 saturated heterocycles. The smallest absolute Gasteiger partial charge is 0.357 e. The van der Waals surface area contributed by atoms with E-state index < -0.39 is 5.97 Å². The highest BCUT2D eigenvalue weighted by Gasteiger charge is 2.15. The third kappa shape index (κ3) is 4.65. The number of esters is 1. The molecule has 0 bridgehead atoms. The summed E-state index contributed by atoms with van der Waals surface area (Å²) in [4.78, 5) is 32.3. The molecular weight excluding hydrogens is 354 g/mol. The zero-order valence-corrected chi connectivity index (χ0v) is 16.3. The van der Waals surface area contributed by atoms with Gasteiger partial charge in [-0.1, -0.05) is 36.4 Å². The first-order valence-corrected chi connectivity index (χ1v) is 8.97. The summed E-state index contributed by atoms with van der Waals surface area (Å²) in [5.74, 6) is -0.881. The van der Waals surface area contributed by atoms with Crippen molar-refractivity contribution in [2.24, 2.45) is 0 Å². The van der Waals surface area contributed by atoms with E-state index in [9.17, 15) is 9.59 Å². The lowest BCUT2D eigenvalue weighted by Crippen LogP contribution is -2.31. The molecule has 0 saturated carbocycles.